The molecule has 0 spiro atoms. The first-order chi connectivity index (χ1) is 8.51. The summed E-state index contributed by atoms with van der Waals surface area (Å²) >= 11 is 0. The minimum atomic E-state index is -0.489. The molecule has 0 saturated heterocycles. The Morgan fingerprint density at radius 2 is 2.06 bits per heavy atom. The molecule has 1 amide bonds. The van der Waals surface area contributed by atoms with Crippen LogP contribution in [0.5, 0.6) is 5.75 Å². The zero-order valence-electron chi connectivity index (χ0n) is 10.8. The number of phenols is 1. The van der Waals surface area contributed by atoms with E-state index in [1.165, 1.54) is 18.1 Å². The van der Waals surface area contributed by atoms with Crippen molar-refractivity contribution in [2.24, 2.45) is 0 Å². The summed E-state index contributed by atoms with van der Waals surface area (Å²) in [5.74, 6) is -0.924. The Labute approximate surface area is 106 Å². The maximum atomic E-state index is 12.2. The fourth-order valence-electron chi connectivity index (χ4n) is 1.55. The van der Waals surface area contributed by atoms with Crippen LogP contribution in [0.4, 0.5) is 0 Å². The number of hydrogen-bond donors (Lipinski definition) is 1. The monoisotopic (exact) mass is 251 g/mol. The molecule has 1 rings (SSSR count). The molecule has 0 unspecified atom stereocenters. The lowest BCUT2D eigenvalue weighted by molar-refractivity contribution is -0.141. The fraction of sp³-hybridized carbons (Fsp3) is 0.385. The van der Waals surface area contributed by atoms with E-state index in [0.717, 1.165) is 0 Å². The van der Waals surface area contributed by atoms with E-state index in [0.29, 0.717) is 12.1 Å². The van der Waals surface area contributed by atoms with Gasteiger partial charge in [-0.1, -0.05) is 12.1 Å². The number of hydrogen-bond acceptors (Lipinski definition) is 4. The number of ether oxygens (including phenoxy) is 1. The van der Waals surface area contributed by atoms with E-state index in [2.05, 4.69) is 4.74 Å². The van der Waals surface area contributed by atoms with Gasteiger partial charge in [-0.25, -0.2) is 0 Å². The summed E-state index contributed by atoms with van der Waals surface area (Å²) in [5, 5.41) is 9.84. The molecule has 18 heavy (non-hydrogen) atoms. The Kier molecular flexibility index (Phi) is 4.71. The second-order valence-electron chi connectivity index (χ2n) is 3.87. The number of carbonyl (C=O) groups is 2. The standard InChI is InChI=1S/C13H17NO4/c1-4-14(8-11(15)18-3)13(17)10-7-5-6-9(2)12(10)16/h5-7,16H,4,8H2,1-3H3. The summed E-state index contributed by atoms with van der Waals surface area (Å²) in [5.41, 5.74) is 0.815. The predicted molar refractivity (Wildman–Crippen MR) is 66.4 cm³/mol. The average molecular weight is 251 g/mol. The Balaban J connectivity index is 2.97. The molecule has 0 aliphatic carbocycles. The van der Waals surface area contributed by atoms with E-state index >= 15 is 0 Å². The summed E-state index contributed by atoms with van der Waals surface area (Å²) in [6.45, 7) is 3.71. The van der Waals surface area contributed by atoms with E-state index in [1.54, 1.807) is 26.0 Å². The van der Waals surface area contributed by atoms with Gasteiger partial charge < -0.3 is 14.7 Å². The first kappa shape index (κ1) is 14.0. The van der Waals surface area contributed by atoms with Gasteiger partial charge in [0.2, 0.25) is 0 Å². The molecule has 1 aromatic rings. The van der Waals surface area contributed by atoms with E-state index in [-0.39, 0.29) is 23.8 Å². The van der Waals surface area contributed by atoms with Crippen molar-refractivity contribution in [3.63, 3.8) is 0 Å². The Hall–Kier alpha value is -2.04. The molecular weight excluding hydrogens is 234 g/mol. The number of carbonyl (C=O) groups excluding carboxylic acids is 2. The molecular formula is C13H17NO4. The first-order valence-electron chi connectivity index (χ1n) is 5.65. The van der Waals surface area contributed by atoms with Gasteiger partial charge in [-0.2, -0.15) is 0 Å². The van der Waals surface area contributed by atoms with Crippen molar-refractivity contribution in [1.82, 2.24) is 4.90 Å². The highest BCUT2D eigenvalue weighted by molar-refractivity contribution is 5.98. The number of likely N-dealkylation sites (N-methyl/N-ethyl adjacent to an activating group) is 1. The molecule has 0 saturated carbocycles. The summed E-state index contributed by atoms with van der Waals surface area (Å²) in [6, 6.07) is 4.93. The first-order valence-corrected chi connectivity index (χ1v) is 5.65. The van der Waals surface area contributed by atoms with Crippen LogP contribution in [0.1, 0.15) is 22.8 Å². The smallest absolute Gasteiger partial charge is 0.325 e. The molecule has 1 aromatic carbocycles. The van der Waals surface area contributed by atoms with Crippen molar-refractivity contribution in [2.75, 3.05) is 20.2 Å². The molecule has 0 heterocycles. The van der Waals surface area contributed by atoms with Crippen LogP contribution < -0.4 is 0 Å². The second kappa shape index (κ2) is 6.05. The van der Waals surface area contributed by atoms with Crippen molar-refractivity contribution in [3.05, 3.63) is 29.3 Å². The molecule has 0 aromatic heterocycles. The fourth-order valence-corrected chi connectivity index (χ4v) is 1.55. The van der Waals surface area contributed by atoms with Gasteiger partial charge in [0, 0.05) is 6.54 Å². The van der Waals surface area contributed by atoms with Crippen LogP contribution in [-0.4, -0.2) is 42.1 Å². The highest BCUT2D eigenvalue weighted by Crippen LogP contribution is 2.22. The third-order valence-electron chi connectivity index (χ3n) is 2.68. The van der Waals surface area contributed by atoms with Gasteiger partial charge in [0.25, 0.3) is 5.91 Å². The van der Waals surface area contributed by atoms with Crippen molar-refractivity contribution in [2.45, 2.75) is 13.8 Å². The van der Waals surface area contributed by atoms with Gasteiger partial charge >= 0.3 is 5.97 Å². The summed E-state index contributed by atoms with van der Waals surface area (Å²) < 4.78 is 4.53. The highest BCUT2D eigenvalue weighted by atomic mass is 16.5. The third-order valence-corrected chi connectivity index (χ3v) is 2.68. The van der Waals surface area contributed by atoms with Crippen molar-refractivity contribution in [3.8, 4) is 5.75 Å². The van der Waals surface area contributed by atoms with Crippen LogP contribution in [0.15, 0.2) is 18.2 Å². The zero-order chi connectivity index (χ0) is 13.7. The van der Waals surface area contributed by atoms with Gasteiger partial charge in [-0.05, 0) is 25.5 Å². The van der Waals surface area contributed by atoms with Crippen LogP contribution in [0.2, 0.25) is 0 Å². The Morgan fingerprint density at radius 1 is 1.39 bits per heavy atom. The molecule has 0 bridgehead atoms. The topological polar surface area (TPSA) is 66.8 Å². The number of phenolic OH excluding ortho intramolecular Hbond substituents is 1. The Bertz CT molecular complexity index is 456. The second-order valence-corrected chi connectivity index (χ2v) is 3.87. The molecule has 5 heteroatoms. The number of methoxy groups -OCH3 is 1. The quantitative estimate of drug-likeness (QED) is 0.820. The van der Waals surface area contributed by atoms with Crippen LogP contribution in [0.25, 0.3) is 0 Å². The number of amides is 1. The van der Waals surface area contributed by atoms with Gasteiger partial charge in [-0.3, -0.25) is 9.59 Å². The summed E-state index contributed by atoms with van der Waals surface area (Å²) in [6.07, 6.45) is 0. The minimum Gasteiger partial charge on any atom is -0.507 e. The van der Waals surface area contributed by atoms with Crippen LogP contribution in [0.3, 0.4) is 0 Å². The van der Waals surface area contributed by atoms with Gasteiger partial charge in [0.05, 0.1) is 12.7 Å². The molecule has 1 N–H and O–H groups in total. The van der Waals surface area contributed by atoms with Crippen LogP contribution in [-0.2, 0) is 9.53 Å². The van der Waals surface area contributed by atoms with Crippen molar-refractivity contribution < 1.29 is 19.4 Å². The SMILES string of the molecule is CCN(CC(=O)OC)C(=O)c1cccc(C)c1O. The highest BCUT2D eigenvalue weighted by Gasteiger charge is 2.20. The number of rotatable bonds is 4. The average Bonchev–Trinajstić information content (AvgIpc) is 2.38. The van der Waals surface area contributed by atoms with Crippen LogP contribution >= 0.6 is 0 Å². The molecule has 0 aliphatic rings. The molecule has 0 fully saturated rings. The van der Waals surface area contributed by atoms with Crippen molar-refractivity contribution >= 4 is 11.9 Å². The lowest BCUT2D eigenvalue weighted by Gasteiger charge is -2.20. The van der Waals surface area contributed by atoms with E-state index < -0.39 is 5.97 Å². The third kappa shape index (κ3) is 3.00. The molecule has 0 radical (unpaired) electrons. The molecule has 98 valence electrons. The number of benzene rings is 1. The maximum absolute atomic E-state index is 12.2. The largest absolute Gasteiger partial charge is 0.507 e. The van der Waals surface area contributed by atoms with E-state index in [9.17, 15) is 14.7 Å². The number of aryl methyl sites for hydroxylation is 1. The number of esters is 1. The number of nitrogens with zero attached hydrogens (tertiary/aromatic N) is 1. The minimum absolute atomic E-state index is 0.0502. The zero-order valence-corrected chi connectivity index (χ0v) is 10.8. The number of aromatic hydroxyl groups is 1. The molecule has 0 aliphatic heterocycles. The predicted octanol–water partition coefficient (Wildman–Crippen LogP) is 1.34. The Morgan fingerprint density at radius 3 is 2.61 bits per heavy atom. The number of para-hydroxylation sites is 1. The molecule has 5 nitrogen and oxygen atoms in total. The lowest BCUT2D eigenvalue weighted by atomic mass is 10.1. The van der Waals surface area contributed by atoms with Crippen molar-refractivity contribution in [1.29, 1.82) is 0 Å². The summed E-state index contributed by atoms with van der Waals surface area (Å²) in [4.78, 5) is 24.7. The van der Waals surface area contributed by atoms with E-state index in [4.69, 9.17) is 0 Å². The van der Waals surface area contributed by atoms with Crippen LogP contribution in [0, 0.1) is 6.92 Å². The normalized spacial score (nSPS) is 9.94. The van der Waals surface area contributed by atoms with Gasteiger partial charge in [0.15, 0.2) is 0 Å². The summed E-state index contributed by atoms with van der Waals surface area (Å²) in [7, 11) is 1.27. The van der Waals surface area contributed by atoms with E-state index in [1.807, 2.05) is 0 Å². The van der Waals surface area contributed by atoms with Gasteiger partial charge in [0.1, 0.15) is 12.3 Å². The van der Waals surface area contributed by atoms with Gasteiger partial charge in [-0.15, -0.1) is 0 Å². The lowest BCUT2D eigenvalue weighted by Crippen LogP contribution is -2.36. The molecule has 0 atom stereocenters. The maximum Gasteiger partial charge on any atom is 0.325 e.